The standard InChI is InChI=1S/C33H29Cl2FN4O3.CH4/c34-19-9-10-21-23(15-19)38-32(43)33(21)28(20-6-3-7-22(35)29(20)36)27-26(40(33)16-17-4-1-2-5-17)12-13-39-25-11-8-18(31(41)42)14-24(25)37-30(27)39;/h3,6-11,14-15,17,26-28H,1-2,4-5,12-13,16H2,(H,38,43)(H,41,42);1H4/t26-,27+,28-,33+;/m0./s1. The Morgan fingerprint density at radius 3 is 2.66 bits per heavy atom. The molecule has 2 fully saturated rings. The van der Waals surface area contributed by atoms with Gasteiger partial charge in [0, 0.05) is 47.2 Å². The number of aromatic nitrogens is 2. The highest BCUT2D eigenvalue weighted by Gasteiger charge is 2.68. The van der Waals surface area contributed by atoms with Crippen LogP contribution in [0.25, 0.3) is 11.0 Å². The molecule has 3 aliphatic heterocycles. The Balaban J connectivity index is 0.00000312. The number of carbonyl (C=O) groups is 2. The quantitative estimate of drug-likeness (QED) is 0.239. The summed E-state index contributed by atoms with van der Waals surface area (Å²) in [6.07, 6.45) is 5.22. The number of amides is 1. The molecule has 4 aliphatic rings. The zero-order valence-corrected chi connectivity index (χ0v) is 24.7. The predicted octanol–water partition coefficient (Wildman–Crippen LogP) is 7.81. The van der Waals surface area contributed by atoms with Gasteiger partial charge in [0.05, 0.1) is 21.6 Å². The maximum Gasteiger partial charge on any atom is 0.335 e. The van der Waals surface area contributed by atoms with Crippen LogP contribution in [0.5, 0.6) is 0 Å². The summed E-state index contributed by atoms with van der Waals surface area (Å²) in [5.41, 5.74) is 2.14. The van der Waals surface area contributed by atoms with E-state index in [0.29, 0.717) is 40.8 Å². The lowest BCUT2D eigenvalue weighted by Crippen LogP contribution is -2.53. The molecule has 1 spiro atoms. The number of imidazole rings is 1. The number of benzene rings is 3. The highest BCUT2D eigenvalue weighted by molar-refractivity contribution is 6.31. The second kappa shape index (κ2) is 10.6. The van der Waals surface area contributed by atoms with E-state index in [-0.39, 0.29) is 35.9 Å². The molecule has 44 heavy (non-hydrogen) atoms. The zero-order chi connectivity index (χ0) is 29.6. The smallest absolute Gasteiger partial charge is 0.335 e. The van der Waals surface area contributed by atoms with Crippen LogP contribution >= 0.6 is 23.2 Å². The first-order valence-electron chi connectivity index (χ1n) is 14.8. The van der Waals surface area contributed by atoms with Gasteiger partial charge in [-0.25, -0.2) is 14.2 Å². The van der Waals surface area contributed by atoms with Gasteiger partial charge in [-0.3, -0.25) is 9.69 Å². The van der Waals surface area contributed by atoms with Crippen LogP contribution in [0, 0.1) is 11.7 Å². The van der Waals surface area contributed by atoms with Crippen molar-refractivity contribution in [1.82, 2.24) is 14.5 Å². The number of aromatic carboxylic acids is 1. The molecule has 1 aliphatic carbocycles. The topological polar surface area (TPSA) is 87.5 Å². The molecule has 1 aromatic heterocycles. The summed E-state index contributed by atoms with van der Waals surface area (Å²) >= 11 is 12.8. The minimum absolute atomic E-state index is 0. The Kier molecular flexibility index (Phi) is 7.03. The molecule has 0 unspecified atom stereocenters. The lowest BCUT2D eigenvalue weighted by molar-refractivity contribution is -0.128. The first-order chi connectivity index (χ1) is 20.8. The summed E-state index contributed by atoms with van der Waals surface area (Å²) in [7, 11) is 0. The summed E-state index contributed by atoms with van der Waals surface area (Å²) in [5, 5.41) is 13.3. The molecule has 0 bridgehead atoms. The third kappa shape index (κ3) is 4.00. The number of halogens is 3. The van der Waals surface area contributed by atoms with Crippen LogP contribution in [0.1, 0.15) is 78.7 Å². The van der Waals surface area contributed by atoms with Gasteiger partial charge >= 0.3 is 5.97 Å². The van der Waals surface area contributed by atoms with E-state index in [1.165, 1.54) is 6.07 Å². The van der Waals surface area contributed by atoms with Crippen molar-refractivity contribution in [1.29, 1.82) is 0 Å². The molecule has 4 heterocycles. The number of anilines is 1. The maximum absolute atomic E-state index is 16.3. The summed E-state index contributed by atoms with van der Waals surface area (Å²) in [5.74, 6) is -1.62. The number of nitrogens with zero attached hydrogens (tertiary/aromatic N) is 3. The summed E-state index contributed by atoms with van der Waals surface area (Å²) < 4.78 is 18.4. The Morgan fingerprint density at radius 1 is 1.09 bits per heavy atom. The van der Waals surface area contributed by atoms with E-state index in [1.54, 1.807) is 42.5 Å². The number of carboxylic acids is 1. The highest BCUT2D eigenvalue weighted by Crippen LogP contribution is 2.64. The molecule has 228 valence electrons. The van der Waals surface area contributed by atoms with Crippen LogP contribution < -0.4 is 5.32 Å². The van der Waals surface area contributed by atoms with Crippen LogP contribution in [0.15, 0.2) is 54.6 Å². The molecule has 8 rings (SSSR count). The molecule has 2 N–H and O–H groups in total. The average molecular weight is 636 g/mol. The Bertz CT molecular complexity index is 1840. The molecule has 3 aromatic carbocycles. The second-order valence-corrected chi connectivity index (χ2v) is 13.2. The Labute approximate surface area is 265 Å². The first kappa shape index (κ1) is 29.3. The molecule has 1 amide bonds. The number of fused-ring (bicyclic) bond motifs is 7. The third-order valence-electron chi connectivity index (χ3n) is 10.3. The van der Waals surface area contributed by atoms with Gasteiger partial charge in [-0.15, -0.1) is 0 Å². The molecule has 7 nitrogen and oxygen atoms in total. The molecule has 1 saturated carbocycles. The fourth-order valence-electron chi connectivity index (χ4n) is 8.62. The predicted molar refractivity (Wildman–Crippen MR) is 169 cm³/mol. The molecule has 10 heteroatoms. The van der Waals surface area contributed by atoms with Gasteiger partial charge in [-0.1, -0.05) is 61.7 Å². The van der Waals surface area contributed by atoms with Crippen LogP contribution in [0.3, 0.4) is 0 Å². The number of aryl methyl sites for hydroxylation is 1. The lowest BCUT2D eigenvalue weighted by Gasteiger charge is -2.41. The number of rotatable bonds is 4. The van der Waals surface area contributed by atoms with Gasteiger partial charge in [0.15, 0.2) is 0 Å². The molecule has 4 atom stereocenters. The SMILES string of the molecule is C.O=C(O)c1ccc2c(c1)nc1n2CC[C@H]2[C@@H]1[C@H](c1cccc(Cl)c1F)[C@]1(C(=O)Nc3cc(Cl)ccc31)N2CC1CCCC1. The van der Waals surface area contributed by atoms with Crippen molar-refractivity contribution >= 4 is 51.8 Å². The third-order valence-corrected chi connectivity index (χ3v) is 10.8. The first-order valence-corrected chi connectivity index (χ1v) is 15.6. The van der Waals surface area contributed by atoms with Crippen LogP contribution in [-0.4, -0.2) is 44.0 Å². The number of nitrogens with one attached hydrogen (secondary N) is 1. The Morgan fingerprint density at radius 2 is 1.89 bits per heavy atom. The van der Waals surface area contributed by atoms with Gasteiger partial charge in [-0.2, -0.15) is 0 Å². The summed E-state index contributed by atoms with van der Waals surface area (Å²) in [4.78, 5) is 33.8. The van der Waals surface area contributed by atoms with Crippen molar-refractivity contribution in [2.45, 2.75) is 69.5 Å². The van der Waals surface area contributed by atoms with Crippen LogP contribution in [0.4, 0.5) is 10.1 Å². The highest BCUT2D eigenvalue weighted by atomic mass is 35.5. The monoisotopic (exact) mass is 634 g/mol. The van der Waals surface area contributed by atoms with Gasteiger partial charge in [-0.05, 0) is 67.1 Å². The van der Waals surface area contributed by atoms with E-state index in [2.05, 4.69) is 14.8 Å². The van der Waals surface area contributed by atoms with Crippen molar-refractivity contribution in [2.75, 3.05) is 11.9 Å². The number of likely N-dealkylation sites (tertiary alicyclic amines) is 1. The van der Waals surface area contributed by atoms with Crippen molar-refractivity contribution in [3.8, 4) is 0 Å². The fourth-order valence-corrected chi connectivity index (χ4v) is 8.97. The van der Waals surface area contributed by atoms with E-state index >= 15 is 4.39 Å². The normalized spacial score (nSPS) is 26.0. The number of carboxylic acid groups (broad SMARTS) is 1. The second-order valence-electron chi connectivity index (χ2n) is 12.3. The summed E-state index contributed by atoms with van der Waals surface area (Å²) in [6, 6.07) is 15.4. The minimum atomic E-state index is -1.22. The van der Waals surface area contributed by atoms with Gasteiger partial charge in [0.2, 0.25) is 5.91 Å². The van der Waals surface area contributed by atoms with Crippen molar-refractivity contribution in [3.63, 3.8) is 0 Å². The van der Waals surface area contributed by atoms with E-state index in [4.69, 9.17) is 28.2 Å². The van der Waals surface area contributed by atoms with Crippen LogP contribution in [0.2, 0.25) is 10.0 Å². The molecular weight excluding hydrogens is 602 g/mol. The largest absolute Gasteiger partial charge is 0.478 e. The van der Waals surface area contributed by atoms with E-state index in [1.807, 2.05) is 6.07 Å². The Hall–Kier alpha value is -3.46. The van der Waals surface area contributed by atoms with Gasteiger partial charge < -0.3 is 15.0 Å². The molecular formula is C34H33Cl2FN4O3. The average Bonchev–Trinajstić information content (AvgIpc) is 3.75. The van der Waals surface area contributed by atoms with Gasteiger partial charge in [0.25, 0.3) is 0 Å². The van der Waals surface area contributed by atoms with Crippen molar-refractivity contribution in [3.05, 3.63) is 93.0 Å². The van der Waals surface area contributed by atoms with Crippen LogP contribution in [-0.2, 0) is 16.9 Å². The zero-order valence-electron chi connectivity index (χ0n) is 23.2. The minimum Gasteiger partial charge on any atom is -0.478 e. The lowest BCUT2D eigenvalue weighted by atomic mass is 9.70. The van der Waals surface area contributed by atoms with Crippen molar-refractivity contribution in [2.24, 2.45) is 5.92 Å². The van der Waals surface area contributed by atoms with Gasteiger partial charge in [0.1, 0.15) is 17.2 Å². The fraction of sp³-hybridized carbons (Fsp3) is 0.382. The maximum atomic E-state index is 16.3. The summed E-state index contributed by atoms with van der Waals surface area (Å²) in [6.45, 7) is 1.36. The molecule has 1 saturated heterocycles. The van der Waals surface area contributed by atoms with Crippen molar-refractivity contribution < 1.29 is 19.1 Å². The number of hydrogen-bond acceptors (Lipinski definition) is 4. The van der Waals surface area contributed by atoms with E-state index < -0.39 is 23.2 Å². The molecule has 4 aromatic rings. The van der Waals surface area contributed by atoms with E-state index in [0.717, 1.165) is 49.0 Å². The van der Waals surface area contributed by atoms with E-state index in [9.17, 15) is 14.7 Å². The number of hydrogen-bond donors (Lipinski definition) is 2. The molecule has 0 radical (unpaired) electrons. The number of carbonyl (C=O) groups excluding carboxylic acids is 1.